The molecule has 1 aromatic heterocycles. The van der Waals surface area contributed by atoms with Crippen LogP contribution < -0.4 is 0 Å². The molecule has 1 heterocycles. The first-order chi connectivity index (χ1) is 28.7. The second kappa shape index (κ2) is 33.5. The summed E-state index contributed by atoms with van der Waals surface area (Å²) in [7, 11) is 1.32. The highest BCUT2D eigenvalue weighted by Gasteiger charge is 2.27. The zero-order valence-electron chi connectivity index (χ0n) is 38.4. The summed E-state index contributed by atoms with van der Waals surface area (Å²) in [5.74, 6) is 1.09. The second-order valence-electron chi connectivity index (χ2n) is 16.7. The van der Waals surface area contributed by atoms with E-state index in [2.05, 4.69) is 52.0 Å². The summed E-state index contributed by atoms with van der Waals surface area (Å²) in [5, 5.41) is 0. The highest BCUT2D eigenvalue weighted by molar-refractivity contribution is 7.47. The van der Waals surface area contributed by atoms with E-state index in [1.165, 1.54) is 36.5 Å². The number of hydrogen-bond donors (Lipinski definition) is 1. The summed E-state index contributed by atoms with van der Waals surface area (Å²) in [4.78, 5) is 47.7. The van der Waals surface area contributed by atoms with Crippen LogP contribution in [0.15, 0.2) is 53.0 Å². The molecule has 0 aliphatic carbocycles. The van der Waals surface area contributed by atoms with Gasteiger partial charge in [0.25, 0.3) is 0 Å². The van der Waals surface area contributed by atoms with Gasteiger partial charge in [0.2, 0.25) is 0 Å². The van der Waals surface area contributed by atoms with Gasteiger partial charge >= 0.3 is 19.8 Å². The highest BCUT2D eigenvalue weighted by atomic mass is 31.2. The molecule has 0 saturated heterocycles. The number of furan rings is 1. The molecule has 0 aromatic carbocycles. The van der Waals surface area contributed by atoms with Crippen molar-refractivity contribution in [3.63, 3.8) is 0 Å². The van der Waals surface area contributed by atoms with Gasteiger partial charge in [-0.2, -0.15) is 0 Å². The third kappa shape index (κ3) is 30.0. The van der Waals surface area contributed by atoms with Crippen molar-refractivity contribution in [3.05, 3.63) is 71.3 Å². The molecule has 1 N–H and O–H groups in total. The van der Waals surface area contributed by atoms with E-state index in [1.807, 2.05) is 33.3 Å². The lowest BCUT2D eigenvalue weighted by molar-refractivity contribution is -0.870. The fourth-order valence-electron chi connectivity index (χ4n) is 6.19. The van der Waals surface area contributed by atoms with E-state index < -0.39 is 32.5 Å². The third-order valence-corrected chi connectivity index (χ3v) is 11.0. The molecular formula is C48H81NO10P+. The van der Waals surface area contributed by atoms with E-state index in [9.17, 15) is 23.8 Å². The predicted molar refractivity (Wildman–Crippen MR) is 242 cm³/mol. The first-order valence-corrected chi connectivity index (χ1v) is 24.2. The standard InChI is InChI=1S/C48H80NO10P/c1-8-10-11-12-13-14-15-16-17-18-21-24-27-32-43(50)33-30-36-47(51)55-39-44(40-57-60(53,54)56-38-37-49(5,6)7)58-48(52)35-29-26-23-20-19-22-25-28-34-46-42(4)41(3)45(59-46)31-9-2/h13-14,16-17,21,24,27,32,44H,8-12,15,18-20,22-23,25-26,28-31,33-40H2,1-7H3/p+1/b14-13-,17-16-,24-21-,32-27+/t44-/m1/s1. The maximum atomic E-state index is 12.7. The van der Waals surface area contributed by atoms with Crippen LogP contribution in [-0.4, -0.2) is 80.7 Å². The van der Waals surface area contributed by atoms with Gasteiger partial charge < -0.3 is 23.3 Å². The SMILES string of the molecule is CCCCC/C=C\C/C=C\C/C=C\C=C\C(=O)CCCC(=O)OC[C@H](COP(=O)(O)OCC[N+](C)(C)C)OC(=O)CCCCCCCCCCc1oc(CCC)c(C)c1C. The van der Waals surface area contributed by atoms with Crippen LogP contribution in [0.4, 0.5) is 0 Å². The number of phosphoric acid groups is 1. The van der Waals surface area contributed by atoms with E-state index >= 15 is 0 Å². The van der Waals surface area contributed by atoms with Crippen LogP contribution in [-0.2, 0) is 50.3 Å². The number of aryl methyl sites for hydroxylation is 2. The van der Waals surface area contributed by atoms with Crippen LogP contribution in [0.1, 0.15) is 158 Å². The molecule has 0 aliphatic heterocycles. The molecule has 0 spiro atoms. The Morgan fingerprint density at radius 1 is 0.683 bits per heavy atom. The van der Waals surface area contributed by atoms with Crippen molar-refractivity contribution in [2.24, 2.45) is 0 Å². The van der Waals surface area contributed by atoms with Crippen LogP contribution in [0.3, 0.4) is 0 Å². The minimum atomic E-state index is -4.45. The molecule has 11 nitrogen and oxygen atoms in total. The van der Waals surface area contributed by atoms with Crippen molar-refractivity contribution >= 4 is 25.5 Å². The number of hydrogen-bond acceptors (Lipinski definition) is 9. The van der Waals surface area contributed by atoms with Crippen molar-refractivity contribution in [2.75, 3.05) is 47.5 Å². The number of esters is 2. The molecule has 342 valence electrons. The number of carbonyl (C=O) groups is 3. The molecular weight excluding hydrogens is 781 g/mol. The van der Waals surface area contributed by atoms with Crippen molar-refractivity contribution in [1.29, 1.82) is 0 Å². The molecule has 0 fully saturated rings. The number of phosphoric ester groups is 1. The number of allylic oxidation sites excluding steroid dienone is 8. The summed E-state index contributed by atoms with van der Waals surface area (Å²) in [6.07, 6.45) is 33.0. The number of carbonyl (C=O) groups excluding carboxylic acids is 3. The van der Waals surface area contributed by atoms with Crippen molar-refractivity contribution < 1.29 is 51.3 Å². The first-order valence-electron chi connectivity index (χ1n) is 22.7. The summed E-state index contributed by atoms with van der Waals surface area (Å²) in [6, 6.07) is 0. The van der Waals surface area contributed by atoms with Crippen LogP contribution in [0.5, 0.6) is 0 Å². The predicted octanol–water partition coefficient (Wildman–Crippen LogP) is 11.5. The average Bonchev–Trinajstić information content (AvgIpc) is 3.45. The molecule has 1 unspecified atom stereocenters. The summed E-state index contributed by atoms with van der Waals surface area (Å²) >= 11 is 0. The maximum absolute atomic E-state index is 12.7. The number of ketones is 1. The van der Waals surface area contributed by atoms with Gasteiger partial charge in [0.15, 0.2) is 11.9 Å². The zero-order chi connectivity index (χ0) is 44.5. The molecule has 0 amide bonds. The average molecular weight is 863 g/mol. The topological polar surface area (TPSA) is 139 Å². The molecule has 0 bridgehead atoms. The van der Waals surface area contributed by atoms with Gasteiger partial charge in [-0.3, -0.25) is 23.4 Å². The lowest BCUT2D eigenvalue weighted by atomic mass is 10.0. The van der Waals surface area contributed by atoms with E-state index in [1.54, 1.807) is 6.08 Å². The Labute approximate surface area is 363 Å². The van der Waals surface area contributed by atoms with Gasteiger partial charge in [0.05, 0.1) is 27.7 Å². The molecule has 1 rings (SSSR count). The van der Waals surface area contributed by atoms with E-state index in [0.29, 0.717) is 17.4 Å². The fraction of sp³-hybridized carbons (Fsp3) is 0.688. The largest absolute Gasteiger partial charge is 0.472 e. The first kappa shape index (κ1) is 54.9. The number of ether oxygens (including phenoxy) is 2. The number of quaternary nitrogens is 1. The Morgan fingerprint density at radius 2 is 1.30 bits per heavy atom. The van der Waals surface area contributed by atoms with E-state index in [4.69, 9.17) is 22.9 Å². The summed E-state index contributed by atoms with van der Waals surface area (Å²) in [5.41, 5.74) is 2.60. The number of unbranched alkanes of at least 4 members (excludes halogenated alkanes) is 10. The molecule has 1 aromatic rings. The second-order valence-corrected chi connectivity index (χ2v) is 18.2. The minimum Gasteiger partial charge on any atom is -0.466 e. The Hall–Kier alpha value is -3.08. The number of likely N-dealkylation sites (N-methyl/N-ethyl adjacent to an activating group) is 1. The Balaban J connectivity index is 2.42. The lowest BCUT2D eigenvalue weighted by Crippen LogP contribution is -2.37. The van der Waals surface area contributed by atoms with E-state index in [0.717, 1.165) is 95.0 Å². The summed E-state index contributed by atoms with van der Waals surface area (Å²) in [6.45, 7) is 8.31. The normalized spacial score (nSPS) is 13.9. The zero-order valence-corrected chi connectivity index (χ0v) is 39.3. The smallest absolute Gasteiger partial charge is 0.466 e. The Morgan fingerprint density at radius 3 is 1.97 bits per heavy atom. The van der Waals surface area contributed by atoms with Crippen molar-refractivity contribution in [3.8, 4) is 0 Å². The fourth-order valence-corrected chi connectivity index (χ4v) is 6.93. The van der Waals surface area contributed by atoms with Gasteiger partial charge in [-0.25, -0.2) is 4.57 Å². The van der Waals surface area contributed by atoms with Gasteiger partial charge in [-0.05, 0) is 82.4 Å². The maximum Gasteiger partial charge on any atom is 0.472 e. The lowest BCUT2D eigenvalue weighted by Gasteiger charge is -2.24. The molecule has 12 heteroatoms. The summed E-state index contributed by atoms with van der Waals surface area (Å²) < 4.78 is 40.3. The highest BCUT2D eigenvalue weighted by Crippen LogP contribution is 2.43. The van der Waals surface area contributed by atoms with Crippen molar-refractivity contribution in [2.45, 2.75) is 169 Å². The Kier molecular flexibility index (Phi) is 30.7. The molecule has 0 radical (unpaired) electrons. The van der Waals surface area contributed by atoms with Crippen LogP contribution in [0.25, 0.3) is 0 Å². The molecule has 0 aliphatic rings. The van der Waals surface area contributed by atoms with Gasteiger partial charge in [0, 0.05) is 32.1 Å². The van der Waals surface area contributed by atoms with Crippen molar-refractivity contribution in [1.82, 2.24) is 0 Å². The minimum absolute atomic E-state index is 0.00924. The number of nitrogens with zero attached hydrogens (tertiary/aromatic N) is 1. The van der Waals surface area contributed by atoms with Crippen LogP contribution in [0.2, 0.25) is 0 Å². The molecule has 60 heavy (non-hydrogen) atoms. The molecule has 0 saturated carbocycles. The monoisotopic (exact) mass is 863 g/mol. The van der Waals surface area contributed by atoms with Crippen LogP contribution in [0, 0.1) is 13.8 Å². The van der Waals surface area contributed by atoms with E-state index in [-0.39, 0.29) is 44.7 Å². The molecule has 2 atom stereocenters. The van der Waals surface area contributed by atoms with Gasteiger partial charge in [0.1, 0.15) is 31.3 Å². The number of rotatable bonds is 37. The third-order valence-electron chi connectivity index (χ3n) is 10.0. The van der Waals surface area contributed by atoms with Gasteiger partial charge in [-0.1, -0.05) is 108 Å². The Bertz CT molecular complexity index is 1500. The quantitative estimate of drug-likeness (QED) is 0.0131. The van der Waals surface area contributed by atoms with Gasteiger partial charge in [-0.15, -0.1) is 0 Å². The van der Waals surface area contributed by atoms with Crippen LogP contribution >= 0.6 is 7.82 Å².